The summed E-state index contributed by atoms with van der Waals surface area (Å²) in [6, 6.07) is 0. The van der Waals surface area contributed by atoms with E-state index in [4.69, 9.17) is 5.73 Å². The molecule has 6 nitrogen and oxygen atoms in total. The van der Waals surface area contributed by atoms with Crippen LogP contribution in [0, 0.1) is 20.0 Å². The topological polar surface area (TPSA) is 101 Å². The Morgan fingerprint density at radius 3 is 2.00 bits per heavy atom. The van der Waals surface area contributed by atoms with Gasteiger partial charge in [-0.2, -0.15) is 0 Å². The molecule has 0 spiro atoms. The first kappa shape index (κ1) is 27.7. The van der Waals surface area contributed by atoms with Gasteiger partial charge in [0.25, 0.3) is 0 Å². The standard InChI is InChI=1S/C9H14N3O3.W.2Y/c1-7(13)3-11-5-9(15)6-12-4-8(14)2-10;;;/h3,6,11-12H,1-2,4-5,10H2;;;/q-3;;;. The predicted octanol–water partition coefficient (Wildman–Crippen LogP) is -2.02. The average Bonchev–Trinajstić information content (AvgIpc) is 2.17. The summed E-state index contributed by atoms with van der Waals surface area (Å²) in [6.07, 6.45) is 0. The van der Waals surface area contributed by atoms with E-state index in [2.05, 4.69) is 17.6 Å². The molecule has 0 amide bonds. The first-order valence-electron chi connectivity index (χ1n) is 4.30. The van der Waals surface area contributed by atoms with Crippen molar-refractivity contribution in [1.82, 2.24) is 10.6 Å². The molecular formula is C9H14N3O3WY2-3. The fourth-order valence-corrected chi connectivity index (χ4v) is 0.667. The van der Waals surface area contributed by atoms with Crippen molar-refractivity contribution in [2.45, 2.75) is 0 Å². The molecule has 4 N–H and O–H groups in total. The maximum absolute atomic E-state index is 11.0. The number of Topliss-reactive ketones (excluding diaryl/α,β-unsaturated/α-hetero) is 3. The molecule has 0 saturated carbocycles. The van der Waals surface area contributed by atoms with Gasteiger partial charge in [0.1, 0.15) is 0 Å². The number of ketones is 3. The summed E-state index contributed by atoms with van der Waals surface area (Å²) in [5.41, 5.74) is 5.05. The number of rotatable bonds is 9. The molecule has 0 saturated heterocycles. The second-order valence-electron chi connectivity index (χ2n) is 2.73. The first-order chi connectivity index (χ1) is 7.06. The monoisotopic (exact) mass is 574 g/mol. The molecule has 98 valence electrons. The number of nitrogens with one attached hydrogen (secondary N) is 2. The molecule has 0 aromatic carbocycles. The maximum atomic E-state index is 11.0. The molecule has 0 aromatic heterocycles. The predicted molar refractivity (Wildman–Crippen MR) is 54.0 cm³/mol. The minimum Gasteiger partial charge on any atom is -0.446 e. The Hall–Kier alpha value is 1.40. The van der Waals surface area contributed by atoms with Gasteiger partial charge in [-0.1, -0.05) is 0 Å². The van der Waals surface area contributed by atoms with Gasteiger partial charge >= 0.3 is 0 Å². The van der Waals surface area contributed by atoms with Crippen LogP contribution in [-0.2, 0) is 101 Å². The van der Waals surface area contributed by atoms with E-state index in [-0.39, 0.29) is 118 Å². The van der Waals surface area contributed by atoms with Crippen molar-refractivity contribution in [3.05, 3.63) is 20.0 Å². The van der Waals surface area contributed by atoms with Crippen molar-refractivity contribution in [3.63, 3.8) is 0 Å². The number of carbonyl (C=O) groups excluding carboxylic acids is 3. The molecule has 0 aliphatic heterocycles. The smallest absolute Gasteiger partial charge is 0.157 e. The van der Waals surface area contributed by atoms with Crippen molar-refractivity contribution in [2.75, 3.05) is 19.6 Å². The van der Waals surface area contributed by atoms with Crippen LogP contribution in [0.25, 0.3) is 0 Å². The van der Waals surface area contributed by atoms with E-state index in [1.54, 1.807) is 0 Å². The van der Waals surface area contributed by atoms with Gasteiger partial charge < -0.3 is 32.9 Å². The summed E-state index contributed by atoms with van der Waals surface area (Å²) in [5, 5.41) is 4.98. The van der Waals surface area contributed by atoms with Crippen LogP contribution in [0.4, 0.5) is 0 Å². The Labute approximate surface area is 172 Å². The second kappa shape index (κ2) is 18.4. The summed E-state index contributed by atoms with van der Waals surface area (Å²) in [4.78, 5) is 32.1. The van der Waals surface area contributed by atoms with Crippen LogP contribution < -0.4 is 16.4 Å². The molecule has 0 unspecified atom stereocenters. The molecule has 2 radical (unpaired) electrons. The fraction of sp³-hybridized carbons (Fsp3) is 0.333. The maximum Gasteiger partial charge on any atom is 0.157 e. The third kappa shape index (κ3) is 19.7. The molecular weight excluding hydrogens is 560 g/mol. The SMILES string of the molecule is [CH2-]C(=O)[CH-]NCC(=O)[CH-]NCC(=O)CN.[W].[Y].[Y]. The van der Waals surface area contributed by atoms with Gasteiger partial charge in [-0.05, 0) is 0 Å². The second-order valence-corrected chi connectivity index (χ2v) is 2.73. The van der Waals surface area contributed by atoms with Gasteiger partial charge in [0, 0.05) is 105 Å². The van der Waals surface area contributed by atoms with Crippen molar-refractivity contribution in [2.24, 2.45) is 5.73 Å². The Kier molecular flexibility index (Phi) is 28.3. The number of hydrogen-bond donors (Lipinski definition) is 3. The molecule has 0 aromatic rings. The zero-order valence-corrected chi connectivity index (χ0v) is 18.5. The normalized spacial score (nSPS) is 7.83. The third-order valence-corrected chi connectivity index (χ3v) is 1.33. The number of hydrogen-bond acceptors (Lipinski definition) is 6. The Bertz CT molecular complexity index is 255. The Morgan fingerprint density at radius 1 is 1.06 bits per heavy atom. The van der Waals surface area contributed by atoms with E-state index >= 15 is 0 Å². The molecule has 9 heteroatoms. The van der Waals surface area contributed by atoms with Gasteiger partial charge in [0.2, 0.25) is 0 Å². The largest absolute Gasteiger partial charge is 0.446 e. The summed E-state index contributed by atoms with van der Waals surface area (Å²) in [7, 11) is 0. The van der Waals surface area contributed by atoms with Crippen LogP contribution in [-0.4, -0.2) is 37.0 Å². The van der Waals surface area contributed by atoms with Crippen molar-refractivity contribution in [3.8, 4) is 0 Å². The van der Waals surface area contributed by atoms with E-state index < -0.39 is 5.78 Å². The van der Waals surface area contributed by atoms with E-state index in [1.165, 1.54) is 0 Å². The summed E-state index contributed by atoms with van der Waals surface area (Å²) < 4.78 is 0. The summed E-state index contributed by atoms with van der Waals surface area (Å²) >= 11 is 0. The third-order valence-electron chi connectivity index (χ3n) is 1.33. The fourth-order valence-electron chi connectivity index (χ4n) is 0.667. The van der Waals surface area contributed by atoms with Crippen LogP contribution in [0.1, 0.15) is 0 Å². The molecule has 0 rings (SSSR count). The van der Waals surface area contributed by atoms with Gasteiger partial charge in [0.05, 0.1) is 6.54 Å². The molecule has 0 aliphatic rings. The van der Waals surface area contributed by atoms with Gasteiger partial charge in [-0.3, -0.25) is 17.9 Å². The van der Waals surface area contributed by atoms with Crippen LogP contribution in [0.5, 0.6) is 0 Å². The minimum absolute atomic E-state index is 0. The summed E-state index contributed by atoms with van der Waals surface area (Å²) in [6.45, 7) is 5.27. The van der Waals surface area contributed by atoms with Crippen LogP contribution in [0.3, 0.4) is 0 Å². The molecule has 0 atom stereocenters. The Morgan fingerprint density at radius 2 is 1.56 bits per heavy atom. The van der Waals surface area contributed by atoms with Crippen LogP contribution in [0.2, 0.25) is 0 Å². The minimum atomic E-state index is -0.408. The van der Waals surface area contributed by atoms with Crippen LogP contribution >= 0.6 is 0 Å². The van der Waals surface area contributed by atoms with Crippen molar-refractivity contribution >= 4 is 17.3 Å². The summed E-state index contributed by atoms with van der Waals surface area (Å²) in [5.74, 6) is -0.877. The van der Waals surface area contributed by atoms with E-state index in [9.17, 15) is 14.4 Å². The zero-order chi connectivity index (χ0) is 11.7. The molecule has 0 aliphatic carbocycles. The quantitative estimate of drug-likeness (QED) is 0.276. The number of carbonyl (C=O) groups is 3. The van der Waals surface area contributed by atoms with Gasteiger partial charge in [0.15, 0.2) is 5.78 Å². The van der Waals surface area contributed by atoms with E-state index in [0.29, 0.717) is 0 Å². The molecule has 0 bridgehead atoms. The molecule has 18 heavy (non-hydrogen) atoms. The number of nitrogens with two attached hydrogens (primary N) is 1. The van der Waals surface area contributed by atoms with Crippen molar-refractivity contribution < 1.29 is 101 Å². The molecule has 0 fully saturated rings. The average molecular weight is 574 g/mol. The Balaban J connectivity index is -0.000000327. The van der Waals surface area contributed by atoms with Crippen LogP contribution in [0.15, 0.2) is 0 Å². The van der Waals surface area contributed by atoms with Crippen molar-refractivity contribution in [1.29, 1.82) is 0 Å². The van der Waals surface area contributed by atoms with Gasteiger partial charge in [-0.15, -0.1) is 5.78 Å². The zero-order valence-electron chi connectivity index (χ0n) is 9.85. The van der Waals surface area contributed by atoms with E-state index in [0.717, 1.165) is 13.1 Å². The first-order valence-corrected chi connectivity index (χ1v) is 4.30. The van der Waals surface area contributed by atoms with Gasteiger partial charge in [-0.25, -0.2) is 0 Å². The van der Waals surface area contributed by atoms with E-state index in [1.807, 2.05) is 0 Å². The molecule has 0 heterocycles.